The molecule has 0 saturated carbocycles. The van der Waals surface area contributed by atoms with Gasteiger partial charge in [0.15, 0.2) is 0 Å². The van der Waals surface area contributed by atoms with E-state index < -0.39 is 11.8 Å². The molecule has 1 atom stereocenters. The fraction of sp³-hybridized carbons (Fsp3) is 0.130. The first-order valence-electron chi connectivity index (χ1n) is 9.13. The summed E-state index contributed by atoms with van der Waals surface area (Å²) in [5.41, 5.74) is 1.45. The maximum Gasteiger partial charge on any atom is 0.268 e. The Balaban J connectivity index is 1.79. The molecule has 29 heavy (non-hydrogen) atoms. The van der Waals surface area contributed by atoms with E-state index in [1.165, 1.54) is 12.3 Å². The average molecular weight is 390 g/mol. The molecule has 0 radical (unpaired) electrons. The molecule has 2 N–H and O–H groups in total. The molecule has 2 aromatic carbocycles. The Bertz CT molecular complexity index is 977. The molecule has 3 aromatic rings. The topological polar surface area (TPSA) is 80.6 Å². The van der Waals surface area contributed by atoms with Crippen molar-refractivity contribution in [2.45, 2.75) is 13.0 Å². The quantitative estimate of drug-likeness (QED) is 0.599. The summed E-state index contributed by atoms with van der Waals surface area (Å²) in [5, 5.41) is 5.58. The highest BCUT2D eigenvalue weighted by atomic mass is 16.5. The first-order valence-corrected chi connectivity index (χ1v) is 9.13. The van der Waals surface area contributed by atoms with Gasteiger partial charge >= 0.3 is 0 Å². The van der Waals surface area contributed by atoms with E-state index in [4.69, 9.17) is 9.15 Å². The predicted molar refractivity (Wildman–Crippen MR) is 110 cm³/mol. The first-order chi connectivity index (χ1) is 14.1. The molecule has 0 fully saturated rings. The molecular weight excluding hydrogens is 368 g/mol. The Morgan fingerprint density at radius 3 is 2.34 bits per heavy atom. The van der Waals surface area contributed by atoms with Crippen LogP contribution in [0.3, 0.4) is 0 Å². The van der Waals surface area contributed by atoms with Gasteiger partial charge in [0, 0.05) is 11.6 Å². The van der Waals surface area contributed by atoms with Gasteiger partial charge in [-0.1, -0.05) is 30.3 Å². The van der Waals surface area contributed by atoms with Crippen LogP contribution in [0.4, 0.5) is 0 Å². The zero-order valence-electron chi connectivity index (χ0n) is 16.2. The van der Waals surface area contributed by atoms with Crippen molar-refractivity contribution in [2.24, 2.45) is 0 Å². The van der Waals surface area contributed by atoms with Crippen LogP contribution in [-0.2, 0) is 4.79 Å². The molecule has 2 amide bonds. The maximum absolute atomic E-state index is 12.9. The summed E-state index contributed by atoms with van der Waals surface area (Å²) in [4.78, 5) is 25.5. The Kier molecular flexibility index (Phi) is 6.47. The van der Waals surface area contributed by atoms with Crippen LogP contribution in [0.1, 0.15) is 34.6 Å². The molecule has 3 rings (SSSR count). The summed E-state index contributed by atoms with van der Waals surface area (Å²) in [5.74, 6) is 0.271. The lowest BCUT2D eigenvalue weighted by molar-refractivity contribution is -0.118. The molecule has 0 aliphatic rings. The van der Waals surface area contributed by atoms with Gasteiger partial charge in [-0.2, -0.15) is 0 Å². The van der Waals surface area contributed by atoms with Crippen molar-refractivity contribution in [1.29, 1.82) is 0 Å². The van der Waals surface area contributed by atoms with Crippen LogP contribution >= 0.6 is 0 Å². The molecule has 0 unspecified atom stereocenters. The maximum atomic E-state index is 12.9. The summed E-state index contributed by atoms with van der Waals surface area (Å²) in [6.07, 6.45) is 2.99. The molecule has 0 spiro atoms. The monoisotopic (exact) mass is 390 g/mol. The van der Waals surface area contributed by atoms with Crippen molar-refractivity contribution in [3.8, 4) is 5.75 Å². The normalized spacial score (nSPS) is 12.1. The van der Waals surface area contributed by atoms with Gasteiger partial charge in [0.1, 0.15) is 17.2 Å². The number of carbonyl (C=O) groups is 2. The number of hydrogen-bond acceptors (Lipinski definition) is 4. The van der Waals surface area contributed by atoms with Crippen molar-refractivity contribution >= 4 is 17.9 Å². The summed E-state index contributed by atoms with van der Waals surface area (Å²) in [6.45, 7) is 1.88. The van der Waals surface area contributed by atoms with Crippen LogP contribution < -0.4 is 15.4 Å². The van der Waals surface area contributed by atoms with Crippen LogP contribution in [0.2, 0.25) is 0 Å². The standard InChI is InChI=1S/C23H22N2O4/c1-16(17-7-4-3-5-8-17)24-23(27)21(15-20-9-6-14-29-20)25-22(26)18-10-12-19(28-2)13-11-18/h3-16H,1-2H3,(H,24,27)(H,25,26)/b21-15+/t16-/m1/s1. The van der Waals surface area contributed by atoms with E-state index in [-0.39, 0.29) is 11.7 Å². The van der Waals surface area contributed by atoms with Gasteiger partial charge in [0.05, 0.1) is 19.4 Å². The molecular formula is C23H22N2O4. The van der Waals surface area contributed by atoms with Crippen molar-refractivity contribution < 1.29 is 18.7 Å². The fourth-order valence-corrected chi connectivity index (χ4v) is 2.71. The van der Waals surface area contributed by atoms with Gasteiger partial charge in [0.2, 0.25) is 0 Å². The number of methoxy groups -OCH3 is 1. The number of carbonyl (C=O) groups excluding carboxylic acids is 2. The van der Waals surface area contributed by atoms with Gasteiger partial charge in [-0.25, -0.2) is 0 Å². The van der Waals surface area contributed by atoms with E-state index in [9.17, 15) is 9.59 Å². The smallest absolute Gasteiger partial charge is 0.268 e. The molecule has 0 aliphatic carbocycles. The predicted octanol–water partition coefficient (Wildman–Crippen LogP) is 3.94. The molecule has 148 valence electrons. The molecule has 6 nitrogen and oxygen atoms in total. The molecule has 1 heterocycles. The van der Waals surface area contributed by atoms with Crippen molar-refractivity contribution in [3.63, 3.8) is 0 Å². The summed E-state index contributed by atoms with van der Waals surface area (Å²) in [6, 6.07) is 19.4. The van der Waals surface area contributed by atoms with Crippen molar-refractivity contribution in [3.05, 3.63) is 95.6 Å². The number of furan rings is 1. The molecule has 0 saturated heterocycles. The second-order valence-corrected chi connectivity index (χ2v) is 6.36. The zero-order chi connectivity index (χ0) is 20.6. The van der Waals surface area contributed by atoms with E-state index in [1.54, 1.807) is 43.5 Å². The van der Waals surface area contributed by atoms with Crippen LogP contribution in [-0.4, -0.2) is 18.9 Å². The fourth-order valence-electron chi connectivity index (χ4n) is 2.71. The Hall–Kier alpha value is -3.80. The van der Waals surface area contributed by atoms with Crippen molar-refractivity contribution in [2.75, 3.05) is 7.11 Å². The first kappa shape index (κ1) is 19.9. The highest BCUT2D eigenvalue weighted by molar-refractivity contribution is 6.05. The third-order valence-corrected chi connectivity index (χ3v) is 4.32. The molecule has 0 bridgehead atoms. The van der Waals surface area contributed by atoms with E-state index in [1.807, 2.05) is 37.3 Å². The lowest BCUT2D eigenvalue weighted by atomic mass is 10.1. The number of ether oxygens (including phenoxy) is 1. The number of benzene rings is 2. The molecule has 1 aromatic heterocycles. The van der Waals surface area contributed by atoms with Crippen molar-refractivity contribution in [1.82, 2.24) is 10.6 Å². The van der Waals surface area contributed by atoms with Crippen LogP contribution in [0.25, 0.3) is 6.08 Å². The molecule has 6 heteroatoms. The van der Waals surface area contributed by atoms with E-state index >= 15 is 0 Å². The summed E-state index contributed by atoms with van der Waals surface area (Å²) < 4.78 is 10.4. The third kappa shape index (κ3) is 5.35. The lowest BCUT2D eigenvalue weighted by Crippen LogP contribution is -2.36. The summed E-state index contributed by atoms with van der Waals surface area (Å²) in [7, 11) is 1.55. The van der Waals surface area contributed by atoms with E-state index in [0.29, 0.717) is 17.1 Å². The highest BCUT2D eigenvalue weighted by Gasteiger charge is 2.18. The largest absolute Gasteiger partial charge is 0.497 e. The minimum absolute atomic E-state index is 0.0866. The van der Waals surface area contributed by atoms with Crippen LogP contribution in [0.5, 0.6) is 5.75 Å². The Morgan fingerprint density at radius 2 is 1.72 bits per heavy atom. The average Bonchev–Trinajstić information content (AvgIpc) is 3.27. The number of hydrogen-bond donors (Lipinski definition) is 2. The van der Waals surface area contributed by atoms with Crippen LogP contribution in [0.15, 0.2) is 83.1 Å². The van der Waals surface area contributed by atoms with E-state index in [2.05, 4.69) is 10.6 Å². The second kappa shape index (κ2) is 9.41. The van der Waals surface area contributed by atoms with Gasteiger partial charge in [-0.15, -0.1) is 0 Å². The minimum atomic E-state index is -0.417. The number of nitrogens with one attached hydrogen (secondary N) is 2. The van der Waals surface area contributed by atoms with Crippen LogP contribution in [0, 0.1) is 0 Å². The Labute approximate surface area is 169 Å². The molecule has 0 aliphatic heterocycles. The Morgan fingerprint density at radius 1 is 1.00 bits per heavy atom. The lowest BCUT2D eigenvalue weighted by Gasteiger charge is -2.16. The zero-order valence-corrected chi connectivity index (χ0v) is 16.2. The van der Waals surface area contributed by atoms with Gasteiger partial charge in [0.25, 0.3) is 11.8 Å². The SMILES string of the molecule is COc1ccc(C(=O)N/C(=C/c2ccco2)C(=O)N[C@H](C)c2ccccc2)cc1. The third-order valence-electron chi connectivity index (χ3n) is 4.32. The number of amides is 2. The minimum Gasteiger partial charge on any atom is -0.497 e. The van der Waals surface area contributed by atoms with Gasteiger partial charge < -0.3 is 19.8 Å². The highest BCUT2D eigenvalue weighted by Crippen LogP contribution is 2.15. The second-order valence-electron chi connectivity index (χ2n) is 6.36. The van der Waals surface area contributed by atoms with Gasteiger partial charge in [-0.05, 0) is 48.9 Å². The van der Waals surface area contributed by atoms with E-state index in [0.717, 1.165) is 5.56 Å². The number of rotatable bonds is 7. The van der Waals surface area contributed by atoms with Gasteiger partial charge in [-0.3, -0.25) is 9.59 Å². The summed E-state index contributed by atoms with van der Waals surface area (Å²) >= 11 is 0.